The van der Waals surface area contributed by atoms with Crippen LogP contribution in [0, 0.1) is 39.0 Å². The van der Waals surface area contributed by atoms with Gasteiger partial charge >= 0.3 is 0 Å². The minimum Gasteiger partial charge on any atom is -0.326 e. The quantitative estimate of drug-likeness (QED) is 0.784. The molecule has 0 aliphatic rings. The van der Waals surface area contributed by atoms with Crippen LogP contribution in [0.2, 0.25) is 0 Å². The van der Waals surface area contributed by atoms with Crippen molar-refractivity contribution in [1.82, 2.24) is 14.6 Å². The first-order valence-electron chi connectivity index (χ1n) is 8.51. The number of hydrogen-bond donors (Lipinski definition) is 1. The Bertz CT molecular complexity index is 1040. The van der Waals surface area contributed by atoms with Crippen molar-refractivity contribution in [3.8, 4) is 6.07 Å². The summed E-state index contributed by atoms with van der Waals surface area (Å²) in [7, 11) is 0. The summed E-state index contributed by atoms with van der Waals surface area (Å²) in [5, 5.41) is 16.3. The maximum atomic E-state index is 12.4. The van der Waals surface area contributed by atoms with Crippen LogP contribution in [0.15, 0.2) is 24.4 Å². The molecule has 6 nitrogen and oxygen atoms in total. The molecule has 2 heterocycles. The Morgan fingerprint density at radius 2 is 2.04 bits per heavy atom. The van der Waals surface area contributed by atoms with Crippen molar-refractivity contribution in [2.24, 2.45) is 0 Å². The fraction of sp³-hybridized carbons (Fsp3) is 0.300. The molecule has 0 spiro atoms. The third-order valence-corrected chi connectivity index (χ3v) is 4.59. The number of benzene rings is 1. The second-order valence-electron chi connectivity index (χ2n) is 6.53. The topological polar surface area (TPSA) is 83.1 Å². The number of amides is 1. The van der Waals surface area contributed by atoms with Crippen molar-refractivity contribution in [3.05, 3.63) is 58.0 Å². The molecule has 0 radical (unpaired) electrons. The highest BCUT2D eigenvalue weighted by Crippen LogP contribution is 2.20. The van der Waals surface area contributed by atoms with E-state index < -0.39 is 0 Å². The van der Waals surface area contributed by atoms with Gasteiger partial charge in [0.1, 0.15) is 11.6 Å². The van der Waals surface area contributed by atoms with Crippen LogP contribution in [0.25, 0.3) is 5.65 Å². The highest BCUT2D eigenvalue weighted by atomic mass is 16.1. The Kier molecular flexibility index (Phi) is 4.72. The Labute approximate surface area is 152 Å². The minimum absolute atomic E-state index is 0.0333. The van der Waals surface area contributed by atoms with Crippen LogP contribution in [0.1, 0.15) is 40.1 Å². The van der Waals surface area contributed by atoms with Crippen molar-refractivity contribution in [1.29, 1.82) is 5.26 Å². The lowest BCUT2D eigenvalue weighted by atomic mass is 10.1. The van der Waals surface area contributed by atoms with Gasteiger partial charge in [-0.25, -0.2) is 9.50 Å². The molecule has 1 amide bonds. The Morgan fingerprint density at radius 1 is 1.27 bits per heavy atom. The Morgan fingerprint density at radius 3 is 2.73 bits per heavy atom. The SMILES string of the molecule is Cc1ccc(NC(=O)CCc2c(C)nc3c(C#N)cnn3c2C)c(C)c1. The van der Waals surface area contributed by atoms with Crippen molar-refractivity contribution in [3.63, 3.8) is 0 Å². The van der Waals surface area contributed by atoms with E-state index in [1.807, 2.05) is 45.9 Å². The third-order valence-electron chi connectivity index (χ3n) is 4.59. The molecule has 1 aromatic carbocycles. The predicted molar refractivity (Wildman–Crippen MR) is 100 cm³/mol. The second-order valence-corrected chi connectivity index (χ2v) is 6.53. The van der Waals surface area contributed by atoms with E-state index in [1.54, 1.807) is 4.52 Å². The highest BCUT2D eigenvalue weighted by Gasteiger charge is 2.15. The normalized spacial score (nSPS) is 10.7. The maximum absolute atomic E-state index is 12.4. The zero-order chi connectivity index (χ0) is 18.8. The molecule has 0 saturated carbocycles. The van der Waals surface area contributed by atoms with Gasteiger partial charge in [0.05, 0.1) is 6.20 Å². The van der Waals surface area contributed by atoms with E-state index in [4.69, 9.17) is 5.26 Å². The summed E-state index contributed by atoms with van der Waals surface area (Å²) in [5.74, 6) is -0.0333. The van der Waals surface area contributed by atoms with Gasteiger partial charge in [-0.15, -0.1) is 0 Å². The molecule has 0 saturated heterocycles. The third kappa shape index (κ3) is 3.29. The second kappa shape index (κ2) is 6.96. The van der Waals surface area contributed by atoms with Gasteiger partial charge in [-0.05, 0) is 51.3 Å². The van der Waals surface area contributed by atoms with E-state index in [0.717, 1.165) is 28.2 Å². The average molecular weight is 347 g/mol. The van der Waals surface area contributed by atoms with Crippen molar-refractivity contribution in [2.75, 3.05) is 5.32 Å². The fourth-order valence-electron chi connectivity index (χ4n) is 3.16. The zero-order valence-corrected chi connectivity index (χ0v) is 15.4. The van der Waals surface area contributed by atoms with Crippen LogP contribution in [0.4, 0.5) is 5.69 Å². The van der Waals surface area contributed by atoms with E-state index >= 15 is 0 Å². The monoisotopic (exact) mass is 347 g/mol. The molecular weight excluding hydrogens is 326 g/mol. The molecule has 0 aliphatic heterocycles. The number of carbonyl (C=O) groups excluding carboxylic acids is 1. The molecular formula is C20H21N5O. The predicted octanol–water partition coefficient (Wildman–Crippen LogP) is 3.41. The minimum atomic E-state index is -0.0333. The fourth-order valence-corrected chi connectivity index (χ4v) is 3.16. The van der Waals surface area contributed by atoms with Crippen LogP contribution < -0.4 is 5.32 Å². The van der Waals surface area contributed by atoms with Gasteiger partial charge in [-0.2, -0.15) is 10.4 Å². The average Bonchev–Trinajstić information content (AvgIpc) is 3.00. The number of nitrogens with zero attached hydrogens (tertiary/aromatic N) is 4. The largest absolute Gasteiger partial charge is 0.326 e. The molecule has 26 heavy (non-hydrogen) atoms. The van der Waals surface area contributed by atoms with E-state index in [-0.39, 0.29) is 5.91 Å². The Balaban J connectivity index is 1.77. The van der Waals surface area contributed by atoms with Gasteiger partial charge in [0.15, 0.2) is 5.65 Å². The van der Waals surface area contributed by atoms with Crippen molar-refractivity contribution < 1.29 is 4.79 Å². The van der Waals surface area contributed by atoms with Crippen LogP contribution in [-0.4, -0.2) is 20.5 Å². The Hall–Kier alpha value is -3.20. The molecule has 0 bridgehead atoms. The lowest BCUT2D eigenvalue weighted by Gasteiger charge is -2.12. The lowest BCUT2D eigenvalue weighted by Crippen LogP contribution is -2.15. The molecule has 0 fully saturated rings. The van der Waals surface area contributed by atoms with Crippen molar-refractivity contribution >= 4 is 17.2 Å². The van der Waals surface area contributed by atoms with E-state index in [1.165, 1.54) is 11.8 Å². The summed E-state index contributed by atoms with van der Waals surface area (Å²) in [6.45, 7) is 7.85. The number of rotatable bonds is 4. The number of aromatic nitrogens is 3. The smallest absolute Gasteiger partial charge is 0.224 e. The highest BCUT2D eigenvalue weighted by molar-refractivity contribution is 5.91. The summed E-state index contributed by atoms with van der Waals surface area (Å²) >= 11 is 0. The van der Waals surface area contributed by atoms with Crippen LogP contribution >= 0.6 is 0 Å². The summed E-state index contributed by atoms with van der Waals surface area (Å²) in [6, 6.07) is 8.06. The molecule has 2 aromatic heterocycles. The molecule has 132 valence electrons. The van der Waals surface area contributed by atoms with Crippen molar-refractivity contribution in [2.45, 2.75) is 40.5 Å². The zero-order valence-electron chi connectivity index (χ0n) is 15.4. The van der Waals surface area contributed by atoms with Gasteiger partial charge in [-0.1, -0.05) is 17.7 Å². The number of anilines is 1. The molecule has 0 unspecified atom stereocenters. The first-order chi connectivity index (χ1) is 12.4. The van der Waals surface area contributed by atoms with Crippen LogP contribution in [-0.2, 0) is 11.2 Å². The number of aryl methyl sites for hydroxylation is 4. The number of nitriles is 1. The molecule has 3 aromatic rings. The van der Waals surface area contributed by atoms with Gasteiger partial charge in [0.2, 0.25) is 5.91 Å². The van der Waals surface area contributed by atoms with E-state index in [9.17, 15) is 4.79 Å². The maximum Gasteiger partial charge on any atom is 0.224 e. The molecule has 0 aliphatic carbocycles. The van der Waals surface area contributed by atoms with Gasteiger partial charge in [0, 0.05) is 23.5 Å². The van der Waals surface area contributed by atoms with Crippen LogP contribution in [0.5, 0.6) is 0 Å². The van der Waals surface area contributed by atoms with Gasteiger partial charge in [-0.3, -0.25) is 4.79 Å². The molecule has 6 heteroatoms. The van der Waals surface area contributed by atoms with Gasteiger partial charge in [0.25, 0.3) is 0 Å². The first-order valence-corrected chi connectivity index (χ1v) is 8.51. The first kappa shape index (κ1) is 17.6. The number of nitrogens with one attached hydrogen (secondary N) is 1. The number of fused-ring (bicyclic) bond motifs is 1. The summed E-state index contributed by atoms with van der Waals surface area (Å²) in [6.07, 6.45) is 2.44. The molecule has 1 N–H and O–H groups in total. The summed E-state index contributed by atoms with van der Waals surface area (Å²) < 4.78 is 1.67. The van der Waals surface area contributed by atoms with Crippen LogP contribution in [0.3, 0.4) is 0 Å². The number of hydrogen-bond acceptors (Lipinski definition) is 4. The van der Waals surface area contributed by atoms with Gasteiger partial charge < -0.3 is 5.32 Å². The summed E-state index contributed by atoms with van der Waals surface area (Å²) in [4.78, 5) is 16.9. The molecule has 3 rings (SSSR count). The molecule has 0 atom stereocenters. The number of carbonyl (C=O) groups is 1. The lowest BCUT2D eigenvalue weighted by molar-refractivity contribution is -0.116. The standard InChI is InChI=1S/C20H21N5O/c1-12-5-7-18(13(2)9-12)24-19(26)8-6-17-14(3)23-20-16(10-21)11-22-25(20)15(17)4/h5,7,9,11H,6,8H2,1-4H3,(H,24,26). The summed E-state index contributed by atoms with van der Waals surface area (Å²) in [5.41, 5.74) is 6.80. The van der Waals surface area contributed by atoms with E-state index in [2.05, 4.69) is 21.5 Å². The van der Waals surface area contributed by atoms with E-state index in [0.29, 0.717) is 24.1 Å².